The van der Waals surface area contributed by atoms with Crippen LogP contribution in [0.4, 0.5) is 4.39 Å². The minimum atomic E-state index is -1.13. The summed E-state index contributed by atoms with van der Waals surface area (Å²) in [6.07, 6.45) is 5.71. The summed E-state index contributed by atoms with van der Waals surface area (Å²) in [6.45, 7) is 7.97. The van der Waals surface area contributed by atoms with Gasteiger partial charge < -0.3 is 9.74 Å². The van der Waals surface area contributed by atoms with Crippen molar-refractivity contribution in [2.24, 2.45) is 17.0 Å². The van der Waals surface area contributed by atoms with E-state index in [1.807, 2.05) is 0 Å². The molecule has 4 rings (SSSR count). The first-order valence-electron chi connectivity index (χ1n) is 9.85. The van der Waals surface area contributed by atoms with Crippen molar-refractivity contribution in [3.63, 3.8) is 0 Å². The van der Waals surface area contributed by atoms with E-state index < -0.39 is 5.67 Å². The van der Waals surface area contributed by atoms with Gasteiger partial charge >= 0.3 is 0 Å². The molecule has 0 radical (unpaired) electrons. The zero-order chi connectivity index (χ0) is 17.7. The summed E-state index contributed by atoms with van der Waals surface area (Å²) >= 11 is 0. The molecule has 140 valence electrons. The number of rotatable bonds is 5. The number of amides is 1. The zero-order valence-electron chi connectivity index (χ0n) is 15.5. The average Bonchev–Trinajstić information content (AvgIpc) is 3.33. The van der Waals surface area contributed by atoms with Crippen LogP contribution in [0, 0.1) is 11.8 Å². The van der Waals surface area contributed by atoms with Crippen LogP contribution in [0.2, 0.25) is 0 Å². The van der Waals surface area contributed by atoms with Gasteiger partial charge in [0, 0.05) is 13.0 Å². The molecule has 5 nitrogen and oxygen atoms in total. The van der Waals surface area contributed by atoms with Crippen molar-refractivity contribution in [3.05, 3.63) is 0 Å². The highest BCUT2D eigenvalue weighted by molar-refractivity contribution is 6.39. The van der Waals surface area contributed by atoms with E-state index in [-0.39, 0.29) is 30.5 Å². The Labute approximate surface area is 149 Å². The van der Waals surface area contributed by atoms with Crippen LogP contribution >= 0.6 is 0 Å². The van der Waals surface area contributed by atoms with Gasteiger partial charge in [0.25, 0.3) is 5.91 Å². The SMILES string of the molecule is CC(C)CCN1CCC[C@]2(CC(C(=O)N3CC(F)(C4CC4)C3)=NO2)C1. The number of hydrogen-bond acceptors (Lipinski definition) is 4. The second-order valence-electron chi connectivity index (χ2n) is 9.02. The van der Waals surface area contributed by atoms with Gasteiger partial charge in [-0.15, -0.1) is 0 Å². The van der Waals surface area contributed by atoms with Crippen molar-refractivity contribution < 1.29 is 14.0 Å². The molecule has 2 saturated heterocycles. The van der Waals surface area contributed by atoms with Crippen LogP contribution in [0.25, 0.3) is 0 Å². The number of oxime groups is 1. The third-order valence-electron chi connectivity index (χ3n) is 6.23. The first kappa shape index (κ1) is 17.3. The van der Waals surface area contributed by atoms with E-state index in [0.29, 0.717) is 18.1 Å². The molecule has 0 unspecified atom stereocenters. The van der Waals surface area contributed by atoms with Crippen molar-refractivity contribution in [2.75, 3.05) is 32.7 Å². The summed E-state index contributed by atoms with van der Waals surface area (Å²) in [5.41, 5.74) is -0.983. The molecule has 1 amide bonds. The third kappa shape index (κ3) is 3.42. The van der Waals surface area contributed by atoms with Gasteiger partial charge in [-0.3, -0.25) is 9.69 Å². The molecule has 0 aromatic heterocycles. The summed E-state index contributed by atoms with van der Waals surface area (Å²) < 4.78 is 14.5. The van der Waals surface area contributed by atoms with E-state index >= 15 is 0 Å². The number of piperidine rings is 1. The van der Waals surface area contributed by atoms with Gasteiger partial charge in [-0.25, -0.2) is 4.39 Å². The second kappa shape index (κ2) is 6.22. The standard InChI is InChI=1S/C19H30FN3O2/c1-14(2)6-9-22-8-3-7-18(11-22)10-16(21-25-18)17(24)23-12-19(20,13-23)15-4-5-15/h14-15H,3-13H2,1-2H3/t18-/m0/s1. The molecular formula is C19H30FN3O2. The third-order valence-corrected chi connectivity index (χ3v) is 6.23. The Kier molecular flexibility index (Phi) is 4.29. The lowest BCUT2D eigenvalue weighted by atomic mass is 9.86. The fourth-order valence-electron chi connectivity index (χ4n) is 4.45. The Balaban J connectivity index is 1.30. The van der Waals surface area contributed by atoms with Gasteiger partial charge in [-0.2, -0.15) is 0 Å². The van der Waals surface area contributed by atoms with Crippen molar-refractivity contribution in [1.82, 2.24) is 9.80 Å². The second-order valence-corrected chi connectivity index (χ2v) is 9.02. The molecule has 1 atom stereocenters. The van der Waals surface area contributed by atoms with Crippen molar-refractivity contribution >= 4 is 11.6 Å². The maximum atomic E-state index is 14.5. The minimum absolute atomic E-state index is 0.120. The number of hydrogen-bond donors (Lipinski definition) is 0. The zero-order valence-corrected chi connectivity index (χ0v) is 15.5. The smallest absolute Gasteiger partial charge is 0.272 e. The lowest BCUT2D eigenvalue weighted by molar-refractivity contribution is -0.139. The summed E-state index contributed by atoms with van der Waals surface area (Å²) in [4.78, 5) is 22.5. The number of carbonyl (C=O) groups excluding carboxylic acids is 1. The van der Waals surface area contributed by atoms with Gasteiger partial charge in [0.15, 0.2) is 5.60 Å². The quantitative estimate of drug-likeness (QED) is 0.765. The van der Waals surface area contributed by atoms with Crippen LogP contribution in [0.3, 0.4) is 0 Å². The average molecular weight is 351 g/mol. The Morgan fingerprint density at radius 3 is 2.80 bits per heavy atom. The molecule has 3 fully saturated rings. The van der Waals surface area contributed by atoms with Gasteiger partial charge in [0.1, 0.15) is 11.4 Å². The van der Waals surface area contributed by atoms with E-state index in [1.54, 1.807) is 4.90 Å². The minimum Gasteiger partial charge on any atom is -0.387 e. The molecule has 1 spiro atoms. The summed E-state index contributed by atoms with van der Waals surface area (Å²) in [6, 6.07) is 0. The number of halogens is 1. The maximum absolute atomic E-state index is 14.5. The molecule has 0 aromatic carbocycles. The Morgan fingerprint density at radius 2 is 2.12 bits per heavy atom. The topological polar surface area (TPSA) is 45.1 Å². The Morgan fingerprint density at radius 1 is 1.36 bits per heavy atom. The summed E-state index contributed by atoms with van der Waals surface area (Å²) in [5, 5.41) is 4.13. The molecule has 25 heavy (non-hydrogen) atoms. The maximum Gasteiger partial charge on any atom is 0.272 e. The molecule has 3 heterocycles. The fraction of sp³-hybridized carbons (Fsp3) is 0.895. The predicted molar refractivity (Wildman–Crippen MR) is 94.1 cm³/mol. The molecule has 6 heteroatoms. The molecule has 1 saturated carbocycles. The van der Waals surface area contributed by atoms with Crippen LogP contribution in [-0.2, 0) is 9.63 Å². The number of likely N-dealkylation sites (tertiary alicyclic amines) is 2. The van der Waals surface area contributed by atoms with E-state index in [0.717, 1.165) is 45.3 Å². The van der Waals surface area contributed by atoms with Gasteiger partial charge in [0.2, 0.25) is 0 Å². The number of nitrogens with zero attached hydrogens (tertiary/aromatic N) is 3. The number of carbonyl (C=O) groups is 1. The van der Waals surface area contributed by atoms with Crippen molar-refractivity contribution in [1.29, 1.82) is 0 Å². The molecule has 0 N–H and O–H groups in total. The molecule has 0 bridgehead atoms. The monoisotopic (exact) mass is 351 g/mol. The number of alkyl halides is 1. The molecule has 3 aliphatic heterocycles. The Bertz CT molecular complexity index is 569. The fourth-order valence-corrected chi connectivity index (χ4v) is 4.45. The molecule has 4 aliphatic rings. The van der Waals surface area contributed by atoms with Crippen LogP contribution in [0.5, 0.6) is 0 Å². The molecule has 0 aromatic rings. The van der Waals surface area contributed by atoms with Crippen LogP contribution in [0.15, 0.2) is 5.16 Å². The highest BCUT2D eigenvalue weighted by atomic mass is 19.1. The Hall–Kier alpha value is -1.17. The van der Waals surface area contributed by atoms with Crippen molar-refractivity contribution in [3.8, 4) is 0 Å². The van der Waals surface area contributed by atoms with Crippen LogP contribution in [0.1, 0.15) is 52.4 Å². The van der Waals surface area contributed by atoms with E-state index in [9.17, 15) is 9.18 Å². The first-order valence-corrected chi connectivity index (χ1v) is 9.85. The molecule has 1 aliphatic carbocycles. The normalized spacial score (nSPS) is 31.8. The largest absolute Gasteiger partial charge is 0.387 e. The highest BCUT2D eigenvalue weighted by Gasteiger charge is 2.56. The van der Waals surface area contributed by atoms with Gasteiger partial charge in [-0.1, -0.05) is 19.0 Å². The van der Waals surface area contributed by atoms with E-state index in [1.165, 1.54) is 6.42 Å². The van der Waals surface area contributed by atoms with Crippen molar-refractivity contribution in [2.45, 2.75) is 63.6 Å². The first-order chi connectivity index (χ1) is 11.9. The summed E-state index contributed by atoms with van der Waals surface area (Å²) in [7, 11) is 0. The van der Waals surface area contributed by atoms with Gasteiger partial charge in [0.05, 0.1) is 13.1 Å². The lowest BCUT2D eigenvalue weighted by Crippen LogP contribution is -2.63. The van der Waals surface area contributed by atoms with Gasteiger partial charge in [-0.05, 0) is 57.0 Å². The van der Waals surface area contributed by atoms with Crippen LogP contribution < -0.4 is 0 Å². The highest BCUT2D eigenvalue weighted by Crippen LogP contribution is 2.47. The van der Waals surface area contributed by atoms with E-state index in [2.05, 4.69) is 23.9 Å². The summed E-state index contributed by atoms with van der Waals surface area (Å²) in [5.74, 6) is 0.747. The lowest BCUT2D eigenvalue weighted by Gasteiger charge is -2.44. The molecular weight excluding hydrogens is 321 g/mol. The van der Waals surface area contributed by atoms with Crippen LogP contribution in [-0.4, -0.2) is 65.4 Å². The predicted octanol–water partition coefficient (Wildman–Crippen LogP) is 2.60. The van der Waals surface area contributed by atoms with E-state index in [4.69, 9.17) is 4.84 Å².